The minimum absolute atomic E-state index is 0.275. The Balaban J connectivity index is 1.85. The molecule has 0 spiro atoms. The summed E-state index contributed by atoms with van der Waals surface area (Å²) in [5, 5.41) is 0.488. The number of rotatable bonds is 4. The molecule has 0 aliphatic carbocycles. The fourth-order valence-corrected chi connectivity index (χ4v) is 2.32. The van der Waals surface area contributed by atoms with E-state index in [2.05, 4.69) is 26.7 Å². The van der Waals surface area contributed by atoms with E-state index in [4.69, 9.17) is 17.3 Å². The molecule has 2 rings (SSSR count). The smallest absolute Gasteiger partial charge is 0.171 e. The van der Waals surface area contributed by atoms with Crippen LogP contribution < -0.4 is 10.6 Å². The lowest BCUT2D eigenvalue weighted by atomic mass is 10.2. The maximum atomic E-state index is 6.05. The van der Waals surface area contributed by atoms with Crippen LogP contribution in [0.2, 0.25) is 5.15 Å². The third-order valence-electron chi connectivity index (χ3n) is 3.21. The van der Waals surface area contributed by atoms with Crippen molar-refractivity contribution in [2.75, 3.05) is 37.6 Å². The molecule has 1 aromatic rings. The molecule has 1 unspecified atom stereocenters. The predicted octanol–water partition coefficient (Wildman–Crippen LogP) is 0.989. The molecule has 5 nitrogen and oxygen atoms in total. The van der Waals surface area contributed by atoms with Crippen LogP contribution in [0.1, 0.15) is 13.3 Å². The molecule has 0 saturated carbocycles. The molecule has 1 saturated heterocycles. The van der Waals surface area contributed by atoms with Gasteiger partial charge in [0, 0.05) is 44.6 Å². The molecular weight excluding hydrogens is 250 g/mol. The van der Waals surface area contributed by atoms with Crippen LogP contribution in [0.3, 0.4) is 0 Å². The summed E-state index contributed by atoms with van der Waals surface area (Å²) in [7, 11) is 0. The number of nitrogens with two attached hydrogens (primary N) is 1. The van der Waals surface area contributed by atoms with Gasteiger partial charge in [0.1, 0.15) is 0 Å². The molecule has 18 heavy (non-hydrogen) atoms. The Morgan fingerprint density at radius 2 is 1.94 bits per heavy atom. The molecule has 1 aliphatic heterocycles. The Morgan fingerprint density at radius 1 is 1.28 bits per heavy atom. The zero-order valence-electron chi connectivity index (χ0n) is 10.7. The van der Waals surface area contributed by atoms with Crippen LogP contribution >= 0.6 is 11.6 Å². The molecule has 1 aromatic heterocycles. The lowest BCUT2D eigenvalue weighted by Gasteiger charge is -2.35. The molecule has 1 fully saturated rings. The number of piperazine rings is 1. The predicted molar refractivity (Wildman–Crippen MR) is 74.0 cm³/mol. The molecule has 6 heteroatoms. The Labute approximate surface area is 113 Å². The highest BCUT2D eigenvalue weighted by atomic mass is 35.5. The molecule has 0 amide bonds. The highest BCUT2D eigenvalue weighted by Gasteiger charge is 2.19. The first-order valence-electron chi connectivity index (χ1n) is 6.36. The number of hydrogen-bond donors (Lipinski definition) is 1. The van der Waals surface area contributed by atoms with Gasteiger partial charge in [0.2, 0.25) is 0 Å². The average molecular weight is 270 g/mol. The summed E-state index contributed by atoms with van der Waals surface area (Å²) in [4.78, 5) is 13.0. The molecule has 2 N–H and O–H groups in total. The quantitative estimate of drug-likeness (QED) is 0.883. The van der Waals surface area contributed by atoms with Crippen molar-refractivity contribution in [1.82, 2.24) is 14.9 Å². The molecule has 0 radical (unpaired) electrons. The molecule has 1 aliphatic rings. The molecule has 1 atom stereocenters. The van der Waals surface area contributed by atoms with Crippen molar-refractivity contribution < 1.29 is 0 Å². The van der Waals surface area contributed by atoms with Crippen LogP contribution in [0.4, 0.5) is 5.82 Å². The maximum Gasteiger partial charge on any atom is 0.171 e. The van der Waals surface area contributed by atoms with Crippen molar-refractivity contribution in [3.05, 3.63) is 17.5 Å². The van der Waals surface area contributed by atoms with Gasteiger partial charge in [0.05, 0.1) is 0 Å². The summed E-state index contributed by atoms with van der Waals surface area (Å²) in [6, 6.07) is 0.275. The number of aromatic nitrogens is 2. The zero-order chi connectivity index (χ0) is 13.0. The van der Waals surface area contributed by atoms with E-state index in [1.54, 1.807) is 12.4 Å². The second-order valence-corrected chi connectivity index (χ2v) is 5.12. The monoisotopic (exact) mass is 269 g/mol. The van der Waals surface area contributed by atoms with E-state index in [0.29, 0.717) is 5.15 Å². The van der Waals surface area contributed by atoms with Gasteiger partial charge < -0.3 is 10.6 Å². The van der Waals surface area contributed by atoms with Crippen molar-refractivity contribution >= 4 is 17.4 Å². The fraction of sp³-hybridized carbons (Fsp3) is 0.667. The highest BCUT2D eigenvalue weighted by Crippen LogP contribution is 2.20. The summed E-state index contributed by atoms with van der Waals surface area (Å²) in [6.45, 7) is 7.06. The second kappa shape index (κ2) is 6.31. The third-order valence-corrected chi connectivity index (χ3v) is 3.47. The lowest BCUT2D eigenvalue weighted by Crippen LogP contribution is -2.47. The Hall–Kier alpha value is -0.910. The van der Waals surface area contributed by atoms with E-state index >= 15 is 0 Å². The number of halogens is 1. The van der Waals surface area contributed by atoms with E-state index in [1.165, 1.54) is 0 Å². The molecule has 100 valence electrons. The van der Waals surface area contributed by atoms with Crippen LogP contribution in [0, 0.1) is 0 Å². The summed E-state index contributed by atoms with van der Waals surface area (Å²) in [5.74, 6) is 0.797. The van der Waals surface area contributed by atoms with Crippen LogP contribution in [0.5, 0.6) is 0 Å². The van der Waals surface area contributed by atoms with E-state index in [9.17, 15) is 0 Å². The molecule has 2 heterocycles. The lowest BCUT2D eigenvalue weighted by molar-refractivity contribution is 0.249. The zero-order valence-corrected chi connectivity index (χ0v) is 11.5. The standard InChI is InChI=1S/C12H20ClN5/c1-10(14)2-5-17-6-8-18(9-7-17)12-11(13)15-3-4-16-12/h3-4,10H,2,5-9,14H2,1H3. The van der Waals surface area contributed by atoms with Crippen LogP contribution in [-0.4, -0.2) is 53.6 Å². The summed E-state index contributed by atoms with van der Waals surface area (Å²) in [5.41, 5.74) is 5.78. The normalized spacial score (nSPS) is 18.9. The largest absolute Gasteiger partial charge is 0.351 e. The van der Waals surface area contributed by atoms with Gasteiger partial charge in [0.15, 0.2) is 11.0 Å². The first-order chi connectivity index (χ1) is 8.66. The Bertz CT molecular complexity index is 376. The summed E-state index contributed by atoms with van der Waals surface area (Å²) in [6.07, 6.45) is 4.35. The van der Waals surface area contributed by atoms with Crippen molar-refractivity contribution in [2.45, 2.75) is 19.4 Å². The second-order valence-electron chi connectivity index (χ2n) is 4.77. The highest BCUT2D eigenvalue weighted by molar-refractivity contribution is 6.31. The first kappa shape index (κ1) is 13.5. The number of nitrogens with zero attached hydrogens (tertiary/aromatic N) is 4. The van der Waals surface area contributed by atoms with Gasteiger partial charge in [-0.2, -0.15) is 0 Å². The van der Waals surface area contributed by atoms with Crippen LogP contribution in [0.25, 0.3) is 0 Å². The van der Waals surface area contributed by atoms with E-state index in [-0.39, 0.29) is 6.04 Å². The molecule has 0 bridgehead atoms. The van der Waals surface area contributed by atoms with E-state index in [0.717, 1.165) is 45.0 Å². The number of hydrogen-bond acceptors (Lipinski definition) is 5. The summed E-state index contributed by atoms with van der Waals surface area (Å²) >= 11 is 6.05. The molecule has 0 aromatic carbocycles. The van der Waals surface area contributed by atoms with E-state index < -0.39 is 0 Å². The Morgan fingerprint density at radius 3 is 2.56 bits per heavy atom. The van der Waals surface area contributed by atoms with E-state index in [1.807, 2.05) is 0 Å². The first-order valence-corrected chi connectivity index (χ1v) is 6.74. The van der Waals surface area contributed by atoms with Gasteiger partial charge in [-0.3, -0.25) is 4.90 Å². The minimum Gasteiger partial charge on any atom is -0.351 e. The molecular formula is C12H20ClN5. The van der Waals surface area contributed by atoms with Gasteiger partial charge in [-0.05, 0) is 19.9 Å². The van der Waals surface area contributed by atoms with Gasteiger partial charge in [-0.25, -0.2) is 9.97 Å². The topological polar surface area (TPSA) is 58.3 Å². The summed E-state index contributed by atoms with van der Waals surface area (Å²) < 4.78 is 0. The van der Waals surface area contributed by atoms with Crippen LogP contribution in [-0.2, 0) is 0 Å². The van der Waals surface area contributed by atoms with Crippen molar-refractivity contribution in [3.8, 4) is 0 Å². The fourth-order valence-electron chi connectivity index (χ4n) is 2.10. The number of anilines is 1. The van der Waals surface area contributed by atoms with Crippen molar-refractivity contribution in [1.29, 1.82) is 0 Å². The van der Waals surface area contributed by atoms with Gasteiger partial charge in [-0.15, -0.1) is 0 Å². The van der Waals surface area contributed by atoms with Gasteiger partial charge >= 0.3 is 0 Å². The third kappa shape index (κ3) is 3.54. The van der Waals surface area contributed by atoms with Crippen molar-refractivity contribution in [3.63, 3.8) is 0 Å². The minimum atomic E-state index is 0.275. The maximum absolute atomic E-state index is 6.05. The van der Waals surface area contributed by atoms with Gasteiger partial charge in [0.25, 0.3) is 0 Å². The average Bonchev–Trinajstić information content (AvgIpc) is 2.38. The van der Waals surface area contributed by atoms with Crippen LogP contribution in [0.15, 0.2) is 12.4 Å². The van der Waals surface area contributed by atoms with Crippen molar-refractivity contribution in [2.24, 2.45) is 5.73 Å². The van der Waals surface area contributed by atoms with Gasteiger partial charge in [-0.1, -0.05) is 11.6 Å². The Kier molecular flexibility index (Phi) is 4.74. The SMILES string of the molecule is CC(N)CCN1CCN(c2nccnc2Cl)CC1.